The van der Waals surface area contributed by atoms with Crippen molar-refractivity contribution in [2.45, 2.75) is 25.0 Å². The van der Waals surface area contributed by atoms with E-state index in [4.69, 9.17) is 23.2 Å². The van der Waals surface area contributed by atoms with Crippen LogP contribution in [0.2, 0.25) is 10.0 Å². The molecule has 1 aromatic carbocycles. The molecule has 0 bridgehead atoms. The lowest BCUT2D eigenvalue weighted by molar-refractivity contribution is 0.271. The van der Waals surface area contributed by atoms with E-state index in [9.17, 15) is 13.5 Å². The normalized spacial score (nSPS) is 11.6. The van der Waals surface area contributed by atoms with E-state index in [1.165, 1.54) is 24.4 Å². The summed E-state index contributed by atoms with van der Waals surface area (Å²) in [5.74, 6) is 0. The molecule has 2 aromatic rings. The topological polar surface area (TPSA) is 71.3 Å². The number of hydrogen-bond donors (Lipinski definition) is 2. The largest absolute Gasteiger partial charge is 0.390 e. The monoisotopic (exact) mass is 348 g/mol. The number of aryl methyl sites for hydroxylation is 1. The molecule has 8 heteroatoms. The number of sulfonamides is 1. The van der Waals surface area contributed by atoms with Crippen LogP contribution in [0.25, 0.3) is 0 Å². The number of benzene rings is 1. The first-order valence-electron chi connectivity index (χ1n) is 6.15. The van der Waals surface area contributed by atoms with Crippen LogP contribution in [0.4, 0.5) is 5.69 Å². The molecule has 0 saturated heterocycles. The van der Waals surface area contributed by atoms with E-state index in [0.29, 0.717) is 17.3 Å². The van der Waals surface area contributed by atoms with Gasteiger partial charge in [0.05, 0.1) is 17.3 Å². The second-order valence-electron chi connectivity index (χ2n) is 4.34. The standard InChI is InChI=1S/C13H14Cl2N2O3S/c1-2-17-7-11(6-10(17)8-18)21(19,20)16-13-4-3-9(14)5-12(13)15/h3-7,16,18H,2,8H2,1H3. The van der Waals surface area contributed by atoms with Crippen LogP contribution in [0.3, 0.4) is 0 Å². The number of rotatable bonds is 5. The number of aromatic nitrogens is 1. The third-order valence-electron chi connectivity index (χ3n) is 2.95. The predicted octanol–water partition coefficient (Wildman–Crippen LogP) is 3.11. The van der Waals surface area contributed by atoms with Crippen LogP contribution < -0.4 is 4.72 Å². The maximum Gasteiger partial charge on any atom is 0.263 e. The van der Waals surface area contributed by atoms with Crippen molar-refractivity contribution >= 4 is 38.9 Å². The molecule has 0 atom stereocenters. The van der Waals surface area contributed by atoms with Crippen molar-refractivity contribution in [1.82, 2.24) is 4.57 Å². The summed E-state index contributed by atoms with van der Waals surface area (Å²) >= 11 is 11.7. The van der Waals surface area contributed by atoms with Crippen molar-refractivity contribution in [3.8, 4) is 0 Å². The summed E-state index contributed by atoms with van der Waals surface area (Å²) in [5, 5.41) is 9.85. The molecular weight excluding hydrogens is 335 g/mol. The molecular formula is C13H14Cl2N2O3S. The first-order chi connectivity index (χ1) is 9.87. The Balaban J connectivity index is 2.36. The minimum Gasteiger partial charge on any atom is -0.390 e. The second kappa shape index (κ2) is 6.27. The molecule has 1 aromatic heterocycles. The molecule has 0 amide bonds. The highest BCUT2D eigenvalue weighted by molar-refractivity contribution is 7.92. The van der Waals surface area contributed by atoms with Gasteiger partial charge in [0.2, 0.25) is 0 Å². The van der Waals surface area contributed by atoms with E-state index in [1.807, 2.05) is 6.92 Å². The van der Waals surface area contributed by atoms with Gasteiger partial charge in [0.25, 0.3) is 10.0 Å². The molecule has 2 rings (SSSR count). The van der Waals surface area contributed by atoms with Crippen molar-refractivity contribution in [2.24, 2.45) is 0 Å². The van der Waals surface area contributed by atoms with E-state index in [-0.39, 0.29) is 22.2 Å². The minimum absolute atomic E-state index is 0.0689. The Kier molecular flexibility index (Phi) is 4.83. The lowest BCUT2D eigenvalue weighted by atomic mass is 10.3. The molecule has 0 aliphatic heterocycles. The maximum absolute atomic E-state index is 12.3. The summed E-state index contributed by atoms with van der Waals surface area (Å²) in [5.41, 5.74) is 0.774. The van der Waals surface area contributed by atoms with Gasteiger partial charge in [0.1, 0.15) is 4.90 Å². The molecule has 0 aliphatic rings. The summed E-state index contributed by atoms with van der Waals surface area (Å²) in [6, 6.07) is 5.92. The first-order valence-corrected chi connectivity index (χ1v) is 8.39. The quantitative estimate of drug-likeness (QED) is 0.871. The van der Waals surface area contributed by atoms with Crippen molar-refractivity contribution < 1.29 is 13.5 Å². The van der Waals surface area contributed by atoms with Gasteiger partial charge in [-0.25, -0.2) is 8.42 Å². The van der Waals surface area contributed by atoms with Crippen LogP contribution in [-0.2, 0) is 23.2 Å². The Hall–Kier alpha value is -1.21. The summed E-state index contributed by atoms with van der Waals surface area (Å²) in [4.78, 5) is 0.0689. The summed E-state index contributed by atoms with van der Waals surface area (Å²) < 4.78 is 28.7. The van der Waals surface area contributed by atoms with Gasteiger partial charge in [-0.05, 0) is 31.2 Å². The number of nitrogens with one attached hydrogen (secondary N) is 1. The van der Waals surface area contributed by atoms with Gasteiger partial charge in [-0.15, -0.1) is 0 Å². The van der Waals surface area contributed by atoms with E-state index < -0.39 is 10.0 Å². The van der Waals surface area contributed by atoms with E-state index in [2.05, 4.69) is 4.72 Å². The number of halogens is 2. The highest BCUT2D eigenvalue weighted by Crippen LogP contribution is 2.28. The lowest BCUT2D eigenvalue weighted by Gasteiger charge is -2.08. The SMILES string of the molecule is CCn1cc(S(=O)(=O)Nc2ccc(Cl)cc2Cl)cc1CO. The van der Waals surface area contributed by atoms with Gasteiger partial charge in [0, 0.05) is 23.5 Å². The summed E-state index contributed by atoms with van der Waals surface area (Å²) in [6.45, 7) is 2.19. The Labute approximate surface area is 133 Å². The smallest absolute Gasteiger partial charge is 0.263 e. The Morgan fingerprint density at radius 2 is 2.00 bits per heavy atom. The third kappa shape index (κ3) is 3.52. The molecule has 0 saturated carbocycles. The molecule has 1 heterocycles. The Morgan fingerprint density at radius 3 is 2.52 bits per heavy atom. The van der Waals surface area contributed by atoms with Crippen molar-refractivity contribution in [1.29, 1.82) is 0 Å². The summed E-state index contributed by atoms with van der Waals surface area (Å²) in [6.07, 6.45) is 1.47. The van der Waals surface area contributed by atoms with Crippen molar-refractivity contribution in [3.05, 3.63) is 46.2 Å². The van der Waals surface area contributed by atoms with Crippen LogP contribution in [0.1, 0.15) is 12.6 Å². The molecule has 0 radical (unpaired) electrons. The maximum atomic E-state index is 12.3. The summed E-state index contributed by atoms with van der Waals surface area (Å²) in [7, 11) is -3.78. The van der Waals surface area contributed by atoms with Crippen LogP contribution in [-0.4, -0.2) is 18.1 Å². The average molecular weight is 349 g/mol. The number of hydrogen-bond acceptors (Lipinski definition) is 3. The fourth-order valence-corrected chi connectivity index (χ4v) is 3.53. The van der Waals surface area contributed by atoms with Gasteiger partial charge < -0.3 is 9.67 Å². The van der Waals surface area contributed by atoms with Crippen molar-refractivity contribution in [3.63, 3.8) is 0 Å². The van der Waals surface area contributed by atoms with E-state index in [0.717, 1.165) is 0 Å². The van der Waals surface area contributed by atoms with Crippen LogP contribution >= 0.6 is 23.2 Å². The minimum atomic E-state index is -3.78. The molecule has 0 aliphatic carbocycles. The number of nitrogens with zero attached hydrogens (tertiary/aromatic N) is 1. The van der Waals surface area contributed by atoms with Crippen LogP contribution in [0.15, 0.2) is 35.4 Å². The zero-order valence-corrected chi connectivity index (χ0v) is 13.5. The Morgan fingerprint density at radius 1 is 1.29 bits per heavy atom. The van der Waals surface area contributed by atoms with Gasteiger partial charge in [-0.3, -0.25) is 4.72 Å². The first kappa shape index (κ1) is 16.2. The lowest BCUT2D eigenvalue weighted by Crippen LogP contribution is -2.12. The Bertz CT molecular complexity index is 735. The second-order valence-corrected chi connectivity index (χ2v) is 6.87. The highest BCUT2D eigenvalue weighted by atomic mass is 35.5. The fourth-order valence-electron chi connectivity index (χ4n) is 1.87. The molecule has 2 N–H and O–H groups in total. The van der Waals surface area contributed by atoms with Gasteiger partial charge in [-0.2, -0.15) is 0 Å². The van der Waals surface area contributed by atoms with Gasteiger partial charge in [-0.1, -0.05) is 23.2 Å². The average Bonchev–Trinajstić information content (AvgIpc) is 2.86. The van der Waals surface area contributed by atoms with E-state index >= 15 is 0 Å². The molecule has 21 heavy (non-hydrogen) atoms. The fraction of sp³-hybridized carbons (Fsp3) is 0.231. The third-order valence-corrected chi connectivity index (χ3v) is 4.83. The van der Waals surface area contributed by atoms with E-state index in [1.54, 1.807) is 10.6 Å². The molecule has 5 nitrogen and oxygen atoms in total. The van der Waals surface area contributed by atoms with Crippen molar-refractivity contribution in [2.75, 3.05) is 4.72 Å². The van der Waals surface area contributed by atoms with Crippen LogP contribution in [0, 0.1) is 0 Å². The number of aliphatic hydroxyl groups is 1. The molecule has 0 unspecified atom stereocenters. The zero-order chi connectivity index (χ0) is 15.6. The molecule has 0 fully saturated rings. The number of aliphatic hydroxyl groups excluding tert-OH is 1. The zero-order valence-electron chi connectivity index (χ0n) is 11.2. The van der Waals surface area contributed by atoms with Gasteiger partial charge in [0.15, 0.2) is 0 Å². The predicted molar refractivity (Wildman–Crippen MR) is 83.3 cm³/mol. The molecule has 0 spiro atoms. The van der Waals surface area contributed by atoms with Gasteiger partial charge >= 0.3 is 0 Å². The number of anilines is 1. The highest BCUT2D eigenvalue weighted by Gasteiger charge is 2.19. The van der Waals surface area contributed by atoms with Crippen LogP contribution in [0.5, 0.6) is 0 Å². The molecule has 114 valence electrons.